The van der Waals surface area contributed by atoms with Crippen molar-refractivity contribution in [1.82, 2.24) is 14.9 Å². The van der Waals surface area contributed by atoms with Crippen LogP contribution in [-0.2, 0) is 27.8 Å². The highest BCUT2D eigenvalue weighted by Gasteiger charge is 2.16. The van der Waals surface area contributed by atoms with E-state index in [0.717, 1.165) is 12.0 Å². The van der Waals surface area contributed by atoms with E-state index in [-0.39, 0.29) is 29.3 Å². The third-order valence-electron chi connectivity index (χ3n) is 4.43. The van der Waals surface area contributed by atoms with Crippen LogP contribution < -0.4 is 10.7 Å². The van der Waals surface area contributed by atoms with Gasteiger partial charge in [-0.3, -0.25) is 9.59 Å². The predicted molar refractivity (Wildman–Crippen MR) is 112 cm³/mol. The maximum atomic E-state index is 12.7. The molecule has 0 saturated heterocycles. The Bertz CT molecular complexity index is 1170. The van der Waals surface area contributed by atoms with Gasteiger partial charge in [0.25, 0.3) is 5.56 Å². The highest BCUT2D eigenvalue weighted by molar-refractivity contribution is 7.89. The maximum absolute atomic E-state index is 12.7. The van der Waals surface area contributed by atoms with Gasteiger partial charge < -0.3 is 9.88 Å². The first kappa shape index (κ1) is 21.2. The number of carbonyl (C=O) groups is 1. The summed E-state index contributed by atoms with van der Waals surface area (Å²) in [6.45, 7) is 2.76. The van der Waals surface area contributed by atoms with E-state index in [2.05, 4.69) is 9.97 Å². The van der Waals surface area contributed by atoms with Crippen molar-refractivity contribution in [3.05, 3.63) is 57.5 Å². The van der Waals surface area contributed by atoms with Crippen LogP contribution in [-0.4, -0.2) is 35.7 Å². The fourth-order valence-electron chi connectivity index (χ4n) is 2.99. The molecule has 10 heteroatoms. The molecule has 0 atom stereocenters. The first-order valence-electron chi connectivity index (χ1n) is 9.14. The summed E-state index contributed by atoms with van der Waals surface area (Å²) in [5, 5.41) is 6.91. The van der Waals surface area contributed by atoms with Crippen molar-refractivity contribution in [2.75, 3.05) is 6.54 Å². The van der Waals surface area contributed by atoms with Crippen LogP contribution in [0, 0.1) is 0 Å². The monoisotopic (exact) mass is 434 g/mol. The van der Waals surface area contributed by atoms with E-state index in [1.165, 1.54) is 23.5 Å². The van der Waals surface area contributed by atoms with Gasteiger partial charge >= 0.3 is 0 Å². The average molecular weight is 435 g/mol. The molecule has 2 heterocycles. The van der Waals surface area contributed by atoms with Gasteiger partial charge in [0.15, 0.2) is 0 Å². The van der Waals surface area contributed by atoms with E-state index in [1.54, 1.807) is 23.1 Å². The Kier molecular flexibility index (Phi) is 6.46. The third-order valence-corrected chi connectivity index (χ3v) is 6.26. The summed E-state index contributed by atoms with van der Waals surface area (Å²) in [4.78, 5) is 33.8. The van der Waals surface area contributed by atoms with Gasteiger partial charge in [0.05, 0.1) is 17.0 Å². The second-order valence-electron chi connectivity index (χ2n) is 6.65. The first-order valence-corrected chi connectivity index (χ1v) is 11.6. The number of hydrogen-bond acceptors (Lipinski definition) is 6. The lowest BCUT2D eigenvalue weighted by atomic mass is 10.1. The molecule has 0 aliphatic rings. The Labute approximate surface area is 172 Å². The van der Waals surface area contributed by atoms with E-state index in [4.69, 9.17) is 5.14 Å². The number of nitrogens with zero attached hydrogens (tertiary/aromatic N) is 2. The Balaban J connectivity index is 1.68. The summed E-state index contributed by atoms with van der Waals surface area (Å²) in [5.74, 6) is 0.399. The molecule has 0 saturated carbocycles. The standard InChI is InChI=1S/C19H22N4O4S2/c1-2-10-23(12-16-21-15-9-11-28-18(15)19(25)22-16)17(24)8-5-13-3-6-14(7-4-13)29(20,26)27/h3-4,6-7,9,11H,2,5,8,10,12H2,1H3,(H2,20,26,27)(H,21,22,25). The van der Waals surface area contributed by atoms with E-state index in [0.29, 0.717) is 29.0 Å². The number of H-pyrrole nitrogens is 1. The minimum absolute atomic E-state index is 0.0408. The normalized spacial score (nSPS) is 11.7. The summed E-state index contributed by atoms with van der Waals surface area (Å²) in [6, 6.07) is 7.96. The number of aromatic amines is 1. The SMILES string of the molecule is CCCN(Cc1nc2ccsc2c(=O)[nH]1)C(=O)CCc1ccc(S(N)(=O)=O)cc1. The van der Waals surface area contributed by atoms with Crippen molar-refractivity contribution >= 4 is 37.5 Å². The Morgan fingerprint density at radius 1 is 1.24 bits per heavy atom. The van der Waals surface area contributed by atoms with E-state index < -0.39 is 10.0 Å². The molecule has 0 fully saturated rings. The average Bonchev–Trinajstić information content (AvgIpc) is 3.14. The van der Waals surface area contributed by atoms with E-state index >= 15 is 0 Å². The number of rotatable bonds is 8. The van der Waals surface area contributed by atoms with Crippen LogP contribution in [0.15, 0.2) is 45.4 Å². The second-order valence-corrected chi connectivity index (χ2v) is 9.13. The molecular formula is C19H22N4O4S2. The highest BCUT2D eigenvalue weighted by Crippen LogP contribution is 2.15. The number of aromatic nitrogens is 2. The lowest BCUT2D eigenvalue weighted by Gasteiger charge is -2.21. The number of sulfonamides is 1. The fourth-order valence-corrected chi connectivity index (χ4v) is 4.24. The number of hydrogen-bond donors (Lipinski definition) is 2. The summed E-state index contributed by atoms with van der Waals surface area (Å²) in [6.07, 6.45) is 1.51. The number of carbonyl (C=O) groups excluding carboxylic acids is 1. The van der Waals surface area contributed by atoms with Crippen LogP contribution in [0.1, 0.15) is 31.2 Å². The number of primary sulfonamides is 1. The molecule has 0 bridgehead atoms. The number of amides is 1. The summed E-state index contributed by atoms with van der Waals surface area (Å²) in [5.41, 5.74) is 1.28. The van der Waals surface area contributed by atoms with Crippen molar-refractivity contribution in [1.29, 1.82) is 0 Å². The summed E-state index contributed by atoms with van der Waals surface area (Å²) >= 11 is 1.33. The number of benzene rings is 1. The quantitative estimate of drug-likeness (QED) is 0.561. The van der Waals surface area contributed by atoms with Crippen molar-refractivity contribution in [3.8, 4) is 0 Å². The Hall–Kier alpha value is -2.56. The van der Waals surface area contributed by atoms with Gasteiger partial charge in [-0.05, 0) is 42.0 Å². The molecule has 1 aromatic carbocycles. The van der Waals surface area contributed by atoms with Gasteiger partial charge in [0.1, 0.15) is 10.5 Å². The van der Waals surface area contributed by atoms with Gasteiger partial charge in [-0.2, -0.15) is 0 Å². The predicted octanol–water partition coefficient (Wildman–Crippen LogP) is 2.00. The van der Waals surface area contributed by atoms with Gasteiger partial charge in [-0.25, -0.2) is 18.5 Å². The molecule has 0 spiro atoms. The smallest absolute Gasteiger partial charge is 0.268 e. The van der Waals surface area contributed by atoms with Gasteiger partial charge in [0.2, 0.25) is 15.9 Å². The molecule has 2 aromatic heterocycles. The van der Waals surface area contributed by atoms with Crippen LogP contribution in [0.5, 0.6) is 0 Å². The number of aryl methyl sites for hydroxylation is 1. The van der Waals surface area contributed by atoms with Crippen molar-refractivity contribution < 1.29 is 13.2 Å². The van der Waals surface area contributed by atoms with Crippen LogP contribution in [0.4, 0.5) is 0 Å². The molecule has 3 rings (SSSR count). The molecule has 3 aromatic rings. The maximum Gasteiger partial charge on any atom is 0.268 e. The lowest BCUT2D eigenvalue weighted by molar-refractivity contribution is -0.131. The molecule has 8 nitrogen and oxygen atoms in total. The van der Waals surface area contributed by atoms with Crippen molar-refractivity contribution in [2.24, 2.45) is 5.14 Å². The molecule has 0 aliphatic heterocycles. The van der Waals surface area contributed by atoms with E-state index in [9.17, 15) is 18.0 Å². The van der Waals surface area contributed by atoms with Gasteiger partial charge in [-0.1, -0.05) is 19.1 Å². The molecule has 0 unspecified atom stereocenters. The molecule has 1 amide bonds. The lowest BCUT2D eigenvalue weighted by Crippen LogP contribution is -2.32. The number of nitrogens with two attached hydrogens (primary N) is 1. The first-order chi connectivity index (χ1) is 13.8. The minimum atomic E-state index is -3.73. The zero-order valence-corrected chi connectivity index (χ0v) is 17.6. The fraction of sp³-hybridized carbons (Fsp3) is 0.316. The number of thiophene rings is 1. The Morgan fingerprint density at radius 2 is 1.97 bits per heavy atom. The largest absolute Gasteiger partial charge is 0.335 e. The summed E-state index contributed by atoms with van der Waals surface area (Å²) < 4.78 is 23.2. The van der Waals surface area contributed by atoms with Crippen LogP contribution in [0.2, 0.25) is 0 Å². The zero-order chi connectivity index (χ0) is 21.0. The minimum Gasteiger partial charge on any atom is -0.335 e. The Morgan fingerprint density at radius 3 is 2.62 bits per heavy atom. The summed E-state index contributed by atoms with van der Waals surface area (Å²) in [7, 11) is -3.73. The van der Waals surface area contributed by atoms with Crippen LogP contribution in [0.25, 0.3) is 10.2 Å². The molecule has 3 N–H and O–H groups in total. The van der Waals surface area contributed by atoms with Crippen LogP contribution in [0.3, 0.4) is 0 Å². The highest BCUT2D eigenvalue weighted by atomic mass is 32.2. The van der Waals surface area contributed by atoms with Crippen molar-refractivity contribution in [3.63, 3.8) is 0 Å². The van der Waals surface area contributed by atoms with Crippen molar-refractivity contribution in [2.45, 2.75) is 37.6 Å². The second kappa shape index (κ2) is 8.85. The zero-order valence-electron chi connectivity index (χ0n) is 15.9. The number of nitrogens with one attached hydrogen (secondary N) is 1. The van der Waals surface area contributed by atoms with E-state index in [1.807, 2.05) is 12.3 Å². The van der Waals surface area contributed by atoms with Gasteiger partial charge in [-0.15, -0.1) is 11.3 Å². The van der Waals surface area contributed by atoms with Gasteiger partial charge in [0, 0.05) is 13.0 Å². The molecule has 29 heavy (non-hydrogen) atoms. The van der Waals surface area contributed by atoms with Crippen LogP contribution >= 0.6 is 11.3 Å². The third kappa shape index (κ3) is 5.28. The molecular weight excluding hydrogens is 412 g/mol. The topological polar surface area (TPSA) is 126 Å². The molecule has 0 aliphatic carbocycles. The number of fused-ring (bicyclic) bond motifs is 1. The molecule has 154 valence electrons. The molecule has 0 radical (unpaired) electrons.